The fraction of sp³-hybridized carbons (Fsp3) is 0.500. The molecule has 1 saturated carbocycles. The van der Waals surface area contributed by atoms with Gasteiger partial charge in [0.15, 0.2) is 0 Å². The van der Waals surface area contributed by atoms with Gasteiger partial charge in [0.2, 0.25) is 0 Å². The van der Waals surface area contributed by atoms with Gasteiger partial charge in [0.05, 0.1) is 12.7 Å². The van der Waals surface area contributed by atoms with E-state index in [0.29, 0.717) is 12.7 Å². The normalized spacial score (nSPS) is 25.2. The van der Waals surface area contributed by atoms with Crippen LogP contribution in [0, 0.1) is 5.92 Å². The molecule has 0 radical (unpaired) electrons. The summed E-state index contributed by atoms with van der Waals surface area (Å²) < 4.78 is 5.85. The molecule has 1 aromatic rings. The monoisotopic (exact) mass is 218 g/mol. The number of carbonyl (C=O) groups excluding carboxylic acids is 1. The largest absolute Gasteiger partial charge is 0.374 e. The predicted molar refractivity (Wildman–Crippen MR) is 63.0 cm³/mol. The number of carbonyl (C=O) groups is 1. The average molecular weight is 218 g/mol. The molecule has 0 unspecified atom stereocenters. The van der Waals surface area contributed by atoms with Crippen molar-refractivity contribution in [3.8, 4) is 0 Å². The topological polar surface area (TPSA) is 26.3 Å². The van der Waals surface area contributed by atoms with Gasteiger partial charge in [-0.05, 0) is 31.2 Å². The Morgan fingerprint density at radius 2 is 1.81 bits per heavy atom. The first-order chi connectivity index (χ1) is 7.88. The van der Waals surface area contributed by atoms with E-state index in [1.807, 2.05) is 18.2 Å². The molecular weight excluding hydrogens is 200 g/mol. The number of rotatable bonds is 4. The third-order valence-electron chi connectivity index (χ3n) is 3.24. The first-order valence-electron chi connectivity index (χ1n) is 5.99. The number of aldehydes is 1. The molecule has 0 spiro atoms. The second-order valence-electron chi connectivity index (χ2n) is 4.47. The fourth-order valence-corrected chi connectivity index (χ4v) is 2.18. The molecule has 0 saturated heterocycles. The zero-order valence-electron chi connectivity index (χ0n) is 9.47. The van der Waals surface area contributed by atoms with Crippen molar-refractivity contribution in [2.75, 3.05) is 0 Å². The maximum absolute atomic E-state index is 10.6. The van der Waals surface area contributed by atoms with Crippen LogP contribution < -0.4 is 0 Å². The first-order valence-corrected chi connectivity index (χ1v) is 5.99. The third kappa shape index (κ3) is 3.17. The maximum atomic E-state index is 10.6. The smallest absolute Gasteiger partial charge is 0.123 e. The Morgan fingerprint density at radius 1 is 1.12 bits per heavy atom. The molecule has 0 aromatic heterocycles. The van der Waals surface area contributed by atoms with Crippen LogP contribution in [0.4, 0.5) is 0 Å². The van der Waals surface area contributed by atoms with Gasteiger partial charge in [0.25, 0.3) is 0 Å². The summed E-state index contributed by atoms with van der Waals surface area (Å²) in [4.78, 5) is 10.6. The number of hydrogen-bond acceptors (Lipinski definition) is 2. The van der Waals surface area contributed by atoms with Gasteiger partial charge in [0, 0.05) is 5.92 Å². The van der Waals surface area contributed by atoms with Crippen LogP contribution in [0.15, 0.2) is 30.3 Å². The minimum absolute atomic E-state index is 0.275. The van der Waals surface area contributed by atoms with Crippen molar-refractivity contribution in [1.82, 2.24) is 0 Å². The molecule has 0 aliphatic heterocycles. The van der Waals surface area contributed by atoms with Gasteiger partial charge >= 0.3 is 0 Å². The van der Waals surface area contributed by atoms with Crippen molar-refractivity contribution in [3.63, 3.8) is 0 Å². The van der Waals surface area contributed by atoms with Gasteiger partial charge in [-0.2, -0.15) is 0 Å². The van der Waals surface area contributed by atoms with Gasteiger partial charge in [-0.15, -0.1) is 0 Å². The Morgan fingerprint density at radius 3 is 2.44 bits per heavy atom. The molecule has 0 heterocycles. The molecule has 0 bridgehead atoms. The molecular formula is C14H18O2. The van der Waals surface area contributed by atoms with Crippen molar-refractivity contribution in [2.45, 2.75) is 38.4 Å². The van der Waals surface area contributed by atoms with Crippen LogP contribution in [0.5, 0.6) is 0 Å². The van der Waals surface area contributed by atoms with Crippen molar-refractivity contribution < 1.29 is 9.53 Å². The lowest BCUT2D eigenvalue weighted by molar-refractivity contribution is -0.113. The van der Waals surface area contributed by atoms with Crippen LogP contribution in [-0.2, 0) is 16.1 Å². The average Bonchev–Trinajstić information content (AvgIpc) is 2.38. The second-order valence-corrected chi connectivity index (χ2v) is 4.47. The van der Waals surface area contributed by atoms with Gasteiger partial charge in [-0.25, -0.2) is 0 Å². The predicted octanol–water partition coefficient (Wildman–Crippen LogP) is 2.96. The van der Waals surface area contributed by atoms with Crippen molar-refractivity contribution in [1.29, 1.82) is 0 Å². The molecule has 1 aliphatic carbocycles. The standard InChI is InChI=1S/C14H18O2/c15-10-12-6-8-14(9-7-12)16-11-13-4-2-1-3-5-13/h1-5,10,12,14H,6-9,11H2/t12-,14-. The Labute approximate surface area is 96.6 Å². The Bertz CT molecular complexity index is 313. The highest BCUT2D eigenvalue weighted by Crippen LogP contribution is 2.25. The van der Waals surface area contributed by atoms with E-state index in [9.17, 15) is 4.79 Å². The highest BCUT2D eigenvalue weighted by atomic mass is 16.5. The SMILES string of the molecule is O=C[C@H]1CC[C@H](OCc2ccccc2)CC1. The van der Waals surface area contributed by atoms with E-state index in [1.54, 1.807) is 0 Å². The third-order valence-corrected chi connectivity index (χ3v) is 3.24. The van der Waals surface area contributed by atoms with Crippen LogP contribution in [0.1, 0.15) is 31.2 Å². The van der Waals surface area contributed by atoms with Crippen LogP contribution >= 0.6 is 0 Å². The van der Waals surface area contributed by atoms with Gasteiger partial charge in [0.1, 0.15) is 6.29 Å². The van der Waals surface area contributed by atoms with Gasteiger partial charge in [-0.1, -0.05) is 30.3 Å². The highest BCUT2D eigenvalue weighted by molar-refractivity contribution is 5.53. The zero-order chi connectivity index (χ0) is 11.2. The Hall–Kier alpha value is -1.15. The molecule has 1 aliphatic rings. The van der Waals surface area contributed by atoms with Crippen molar-refractivity contribution >= 4 is 6.29 Å². The highest BCUT2D eigenvalue weighted by Gasteiger charge is 2.20. The number of ether oxygens (including phenoxy) is 1. The molecule has 2 rings (SSSR count). The zero-order valence-corrected chi connectivity index (χ0v) is 9.47. The maximum Gasteiger partial charge on any atom is 0.123 e. The van der Waals surface area contributed by atoms with Crippen LogP contribution in [0.25, 0.3) is 0 Å². The van der Waals surface area contributed by atoms with Crippen LogP contribution in [0.2, 0.25) is 0 Å². The molecule has 2 heteroatoms. The first kappa shape index (κ1) is 11.3. The Balaban J connectivity index is 1.73. The Kier molecular flexibility index (Phi) is 4.11. The van der Waals surface area contributed by atoms with Crippen LogP contribution in [0.3, 0.4) is 0 Å². The lowest BCUT2D eigenvalue weighted by Crippen LogP contribution is -2.22. The minimum Gasteiger partial charge on any atom is -0.374 e. The summed E-state index contributed by atoms with van der Waals surface area (Å²) in [6.07, 6.45) is 5.46. The van der Waals surface area contributed by atoms with Gasteiger partial charge in [-0.3, -0.25) is 0 Å². The van der Waals surface area contributed by atoms with E-state index in [-0.39, 0.29) is 5.92 Å². The molecule has 16 heavy (non-hydrogen) atoms. The van der Waals surface area contributed by atoms with Crippen LogP contribution in [-0.4, -0.2) is 12.4 Å². The lowest BCUT2D eigenvalue weighted by atomic mass is 9.88. The molecule has 1 fully saturated rings. The molecule has 0 atom stereocenters. The van der Waals surface area contributed by atoms with E-state index >= 15 is 0 Å². The molecule has 86 valence electrons. The van der Waals surface area contributed by atoms with Crippen molar-refractivity contribution in [2.24, 2.45) is 5.92 Å². The van der Waals surface area contributed by atoms with E-state index < -0.39 is 0 Å². The summed E-state index contributed by atoms with van der Waals surface area (Å²) in [5.74, 6) is 0.275. The van der Waals surface area contributed by atoms with E-state index in [2.05, 4.69) is 12.1 Å². The lowest BCUT2D eigenvalue weighted by Gasteiger charge is -2.25. The second kappa shape index (κ2) is 5.80. The summed E-state index contributed by atoms with van der Waals surface area (Å²) in [6.45, 7) is 0.692. The summed E-state index contributed by atoms with van der Waals surface area (Å²) in [6, 6.07) is 10.2. The summed E-state index contributed by atoms with van der Waals surface area (Å²) in [5.41, 5.74) is 1.22. The molecule has 1 aromatic carbocycles. The molecule has 0 N–H and O–H groups in total. The number of hydrogen-bond donors (Lipinski definition) is 0. The van der Waals surface area contributed by atoms with E-state index in [4.69, 9.17) is 4.74 Å². The van der Waals surface area contributed by atoms with Crippen molar-refractivity contribution in [3.05, 3.63) is 35.9 Å². The van der Waals surface area contributed by atoms with E-state index in [1.165, 1.54) is 5.56 Å². The number of benzene rings is 1. The van der Waals surface area contributed by atoms with E-state index in [0.717, 1.165) is 32.0 Å². The molecule has 2 nitrogen and oxygen atoms in total. The van der Waals surface area contributed by atoms with Gasteiger partial charge < -0.3 is 9.53 Å². The fourth-order valence-electron chi connectivity index (χ4n) is 2.18. The summed E-state index contributed by atoms with van der Waals surface area (Å²) >= 11 is 0. The summed E-state index contributed by atoms with van der Waals surface area (Å²) in [5, 5.41) is 0. The minimum atomic E-state index is 0.275. The quantitative estimate of drug-likeness (QED) is 0.726. The summed E-state index contributed by atoms with van der Waals surface area (Å²) in [7, 11) is 0. The molecule has 0 amide bonds.